The van der Waals surface area contributed by atoms with Gasteiger partial charge in [0.1, 0.15) is 0 Å². The van der Waals surface area contributed by atoms with Crippen molar-refractivity contribution in [1.82, 2.24) is 5.32 Å². The molecule has 1 amide bonds. The minimum absolute atomic E-state index is 0.167. The second kappa shape index (κ2) is 7.44. The third kappa shape index (κ3) is 4.97. The molecule has 1 aliphatic rings. The van der Waals surface area contributed by atoms with Crippen molar-refractivity contribution in [3.05, 3.63) is 35.4 Å². The monoisotopic (exact) mass is 274 g/mol. The number of amides is 1. The van der Waals surface area contributed by atoms with Crippen LogP contribution >= 0.6 is 0 Å². The van der Waals surface area contributed by atoms with Gasteiger partial charge in [-0.05, 0) is 50.5 Å². The summed E-state index contributed by atoms with van der Waals surface area (Å²) in [6.07, 6.45) is 5.91. The Labute approximate surface area is 121 Å². The maximum atomic E-state index is 11.9. The molecule has 1 aromatic carbocycles. The Kier molecular flexibility index (Phi) is 5.60. The van der Waals surface area contributed by atoms with Gasteiger partial charge in [-0.15, -0.1) is 0 Å². The van der Waals surface area contributed by atoms with Gasteiger partial charge in [-0.25, -0.2) is 0 Å². The lowest BCUT2D eigenvalue weighted by Gasteiger charge is -2.26. The number of nitrogens with one attached hydrogen (secondary N) is 1. The largest absolute Gasteiger partial charge is 0.356 e. The van der Waals surface area contributed by atoms with Crippen molar-refractivity contribution in [3.63, 3.8) is 0 Å². The number of carbonyl (C=O) groups is 1. The predicted molar refractivity (Wildman–Crippen MR) is 82.4 cm³/mol. The summed E-state index contributed by atoms with van der Waals surface area (Å²) >= 11 is 0. The second-order valence-corrected chi connectivity index (χ2v) is 6.07. The van der Waals surface area contributed by atoms with Crippen LogP contribution in [0.4, 0.5) is 0 Å². The highest BCUT2D eigenvalue weighted by molar-refractivity contribution is 5.76. The molecule has 0 aliphatic heterocycles. The number of carbonyl (C=O) groups excluding carboxylic acids is 1. The summed E-state index contributed by atoms with van der Waals surface area (Å²) in [6.45, 7) is 2.89. The number of rotatable bonds is 5. The Morgan fingerprint density at radius 3 is 2.50 bits per heavy atom. The number of hydrogen-bond donors (Lipinski definition) is 2. The minimum Gasteiger partial charge on any atom is -0.356 e. The van der Waals surface area contributed by atoms with E-state index in [1.807, 2.05) is 0 Å². The van der Waals surface area contributed by atoms with Gasteiger partial charge in [-0.3, -0.25) is 4.79 Å². The van der Waals surface area contributed by atoms with Gasteiger partial charge in [-0.2, -0.15) is 0 Å². The highest BCUT2D eigenvalue weighted by Gasteiger charge is 2.18. The van der Waals surface area contributed by atoms with Crippen LogP contribution in [0.5, 0.6) is 0 Å². The molecule has 3 heteroatoms. The summed E-state index contributed by atoms with van der Waals surface area (Å²) in [5.41, 5.74) is 8.38. The molecule has 1 aromatic rings. The fourth-order valence-corrected chi connectivity index (χ4v) is 2.75. The molecule has 3 nitrogen and oxygen atoms in total. The lowest BCUT2D eigenvalue weighted by molar-refractivity contribution is -0.121. The van der Waals surface area contributed by atoms with E-state index >= 15 is 0 Å². The molecule has 1 fully saturated rings. The van der Waals surface area contributed by atoms with Crippen molar-refractivity contribution < 1.29 is 4.79 Å². The number of hydrogen-bond acceptors (Lipinski definition) is 2. The first-order chi connectivity index (χ1) is 9.63. The van der Waals surface area contributed by atoms with Gasteiger partial charge < -0.3 is 11.1 Å². The van der Waals surface area contributed by atoms with Gasteiger partial charge in [0.05, 0.1) is 0 Å². The molecule has 20 heavy (non-hydrogen) atoms. The van der Waals surface area contributed by atoms with Crippen molar-refractivity contribution in [3.8, 4) is 0 Å². The van der Waals surface area contributed by atoms with E-state index in [1.54, 1.807) is 0 Å². The quantitative estimate of drug-likeness (QED) is 0.867. The first-order valence-corrected chi connectivity index (χ1v) is 7.71. The van der Waals surface area contributed by atoms with E-state index in [2.05, 4.69) is 36.5 Å². The van der Waals surface area contributed by atoms with Crippen LogP contribution in [0.15, 0.2) is 24.3 Å². The summed E-state index contributed by atoms with van der Waals surface area (Å²) in [7, 11) is 0. The van der Waals surface area contributed by atoms with Crippen LogP contribution in [-0.2, 0) is 11.2 Å². The smallest absolute Gasteiger partial charge is 0.220 e. The molecule has 0 saturated heterocycles. The Hall–Kier alpha value is -1.35. The van der Waals surface area contributed by atoms with Gasteiger partial charge in [-0.1, -0.05) is 29.8 Å². The van der Waals surface area contributed by atoms with Crippen molar-refractivity contribution in [1.29, 1.82) is 0 Å². The lowest BCUT2D eigenvalue weighted by atomic mass is 9.86. The molecule has 0 atom stereocenters. The van der Waals surface area contributed by atoms with Gasteiger partial charge in [0.15, 0.2) is 0 Å². The Balaban J connectivity index is 1.64. The van der Waals surface area contributed by atoms with E-state index in [-0.39, 0.29) is 5.91 Å². The van der Waals surface area contributed by atoms with E-state index in [1.165, 1.54) is 11.1 Å². The minimum atomic E-state index is 0.167. The molecule has 0 bridgehead atoms. The Bertz CT molecular complexity index is 419. The van der Waals surface area contributed by atoms with Crippen molar-refractivity contribution in [2.45, 2.75) is 51.5 Å². The summed E-state index contributed by atoms with van der Waals surface area (Å²) in [4.78, 5) is 11.9. The van der Waals surface area contributed by atoms with E-state index in [0.29, 0.717) is 18.4 Å². The third-order valence-corrected chi connectivity index (χ3v) is 4.24. The molecule has 0 heterocycles. The first kappa shape index (κ1) is 15.0. The van der Waals surface area contributed by atoms with Crippen molar-refractivity contribution >= 4 is 5.91 Å². The maximum absolute atomic E-state index is 11.9. The molecule has 0 unspecified atom stereocenters. The average Bonchev–Trinajstić information content (AvgIpc) is 2.46. The van der Waals surface area contributed by atoms with E-state index < -0.39 is 0 Å². The third-order valence-electron chi connectivity index (χ3n) is 4.24. The molecule has 0 spiro atoms. The zero-order valence-corrected chi connectivity index (χ0v) is 12.4. The van der Waals surface area contributed by atoms with Gasteiger partial charge in [0, 0.05) is 19.0 Å². The molecule has 2 rings (SSSR count). The number of aryl methyl sites for hydroxylation is 2. The summed E-state index contributed by atoms with van der Waals surface area (Å²) < 4.78 is 0. The summed E-state index contributed by atoms with van der Waals surface area (Å²) in [5, 5.41) is 3.07. The summed E-state index contributed by atoms with van der Waals surface area (Å²) in [5.74, 6) is 0.790. The van der Waals surface area contributed by atoms with Crippen LogP contribution in [0.2, 0.25) is 0 Å². The normalized spacial score (nSPS) is 22.5. The van der Waals surface area contributed by atoms with Crippen LogP contribution in [0.3, 0.4) is 0 Å². The fourth-order valence-electron chi connectivity index (χ4n) is 2.75. The second-order valence-electron chi connectivity index (χ2n) is 6.07. The van der Waals surface area contributed by atoms with Crippen LogP contribution in [0.1, 0.15) is 43.2 Å². The SMILES string of the molecule is Cc1ccc(CCC(=O)NCC2CCC(N)CC2)cc1. The van der Waals surface area contributed by atoms with Gasteiger partial charge in [0.2, 0.25) is 5.91 Å². The maximum Gasteiger partial charge on any atom is 0.220 e. The zero-order chi connectivity index (χ0) is 14.4. The molecule has 0 aromatic heterocycles. The fraction of sp³-hybridized carbons (Fsp3) is 0.588. The highest BCUT2D eigenvalue weighted by atomic mass is 16.1. The number of nitrogens with two attached hydrogens (primary N) is 1. The van der Waals surface area contributed by atoms with Crippen LogP contribution in [-0.4, -0.2) is 18.5 Å². The average molecular weight is 274 g/mol. The molecule has 3 N–H and O–H groups in total. The van der Waals surface area contributed by atoms with Crippen molar-refractivity contribution in [2.24, 2.45) is 11.7 Å². The highest BCUT2D eigenvalue weighted by Crippen LogP contribution is 2.22. The van der Waals surface area contributed by atoms with Crippen LogP contribution < -0.4 is 11.1 Å². The molecular formula is C17H26N2O. The Morgan fingerprint density at radius 1 is 1.20 bits per heavy atom. The molecular weight excluding hydrogens is 248 g/mol. The molecule has 110 valence electrons. The molecule has 1 saturated carbocycles. The van der Waals surface area contributed by atoms with Crippen LogP contribution in [0.25, 0.3) is 0 Å². The molecule has 0 radical (unpaired) electrons. The van der Waals surface area contributed by atoms with Gasteiger partial charge in [0.25, 0.3) is 0 Å². The summed E-state index contributed by atoms with van der Waals surface area (Å²) in [6, 6.07) is 8.77. The first-order valence-electron chi connectivity index (χ1n) is 7.71. The van der Waals surface area contributed by atoms with E-state index in [4.69, 9.17) is 5.73 Å². The molecule has 1 aliphatic carbocycles. The van der Waals surface area contributed by atoms with E-state index in [9.17, 15) is 4.79 Å². The topological polar surface area (TPSA) is 55.1 Å². The van der Waals surface area contributed by atoms with Crippen LogP contribution in [0, 0.1) is 12.8 Å². The predicted octanol–water partition coefficient (Wildman–Crippen LogP) is 2.56. The lowest BCUT2D eigenvalue weighted by Crippen LogP contribution is -2.34. The zero-order valence-electron chi connectivity index (χ0n) is 12.4. The van der Waals surface area contributed by atoms with Gasteiger partial charge >= 0.3 is 0 Å². The Morgan fingerprint density at radius 2 is 1.85 bits per heavy atom. The van der Waals surface area contributed by atoms with E-state index in [0.717, 1.165) is 38.6 Å². The van der Waals surface area contributed by atoms with Crippen molar-refractivity contribution in [2.75, 3.05) is 6.54 Å². The standard InChI is InChI=1S/C17H26N2O/c1-13-2-4-14(5-3-13)8-11-17(20)19-12-15-6-9-16(18)10-7-15/h2-5,15-16H,6-12,18H2,1H3,(H,19,20). The number of benzene rings is 1.